The summed E-state index contributed by atoms with van der Waals surface area (Å²) in [6.07, 6.45) is 5.58. The van der Waals surface area contributed by atoms with Gasteiger partial charge in [0.1, 0.15) is 0 Å². The number of rotatable bonds is 4. The third kappa shape index (κ3) is 3.47. The third-order valence-corrected chi connectivity index (χ3v) is 5.33. The Kier molecular flexibility index (Phi) is 4.54. The lowest BCUT2D eigenvalue weighted by Gasteiger charge is -2.27. The van der Waals surface area contributed by atoms with Gasteiger partial charge in [-0.25, -0.2) is 0 Å². The number of hydrogen-bond acceptors (Lipinski definition) is 4. The molecule has 2 aliphatic rings. The summed E-state index contributed by atoms with van der Waals surface area (Å²) in [5.74, 6) is 0.810. The molecule has 128 valence electrons. The van der Waals surface area contributed by atoms with Crippen molar-refractivity contribution in [2.45, 2.75) is 25.3 Å². The van der Waals surface area contributed by atoms with Gasteiger partial charge in [0, 0.05) is 42.9 Å². The Morgan fingerprint density at radius 3 is 3.08 bits per heavy atom. The lowest BCUT2D eigenvalue weighted by atomic mass is 9.99. The Bertz CT molecular complexity index is 750. The van der Waals surface area contributed by atoms with E-state index in [1.807, 2.05) is 18.2 Å². The maximum absolute atomic E-state index is 11.8. The largest absolute Gasteiger partial charge is 0.381 e. The molecule has 0 saturated carbocycles. The van der Waals surface area contributed by atoms with Gasteiger partial charge in [-0.3, -0.25) is 4.79 Å². The predicted octanol–water partition coefficient (Wildman–Crippen LogP) is 2.01. The molecule has 5 nitrogen and oxygen atoms in total. The van der Waals surface area contributed by atoms with E-state index in [0.29, 0.717) is 6.04 Å². The lowest BCUT2D eigenvalue weighted by Crippen LogP contribution is -2.38. The number of H-pyrrole nitrogens is 1. The van der Waals surface area contributed by atoms with Gasteiger partial charge >= 0.3 is 0 Å². The number of aromatic nitrogens is 1. The van der Waals surface area contributed by atoms with Crippen LogP contribution < -0.4 is 16.2 Å². The molecule has 2 atom stereocenters. The average molecular weight is 326 g/mol. The molecule has 2 unspecified atom stereocenters. The fourth-order valence-electron chi connectivity index (χ4n) is 4.08. The molecule has 1 aromatic carbocycles. The van der Waals surface area contributed by atoms with Crippen molar-refractivity contribution in [1.82, 2.24) is 15.2 Å². The van der Waals surface area contributed by atoms with Gasteiger partial charge in [0.25, 0.3) is 5.56 Å². The van der Waals surface area contributed by atoms with E-state index in [2.05, 4.69) is 26.6 Å². The molecule has 3 N–H and O–H groups in total. The maximum Gasteiger partial charge on any atom is 0.255 e. The molecule has 3 heterocycles. The zero-order valence-electron chi connectivity index (χ0n) is 14.1. The van der Waals surface area contributed by atoms with E-state index in [9.17, 15) is 4.79 Å². The summed E-state index contributed by atoms with van der Waals surface area (Å²) in [5.41, 5.74) is 1.09. The summed E-state index contributed by atoms with van der Waals surface area (Å²) >= 11 is 0. The van der Waals surface area contributed by atoms with Crippen molar-refractivity contribution in [2.75, 3.05) is 38.0 Å². The molecule has 2 fully saturated rings. The van der Waals surface area contributed by atoms with Gasteiger partial charge in [0.05, 0.1) is 0 Å². The van der Waals surface area contributed by atoms with Gasteiger partial charge in [-0.15, -0.1) is 0 Å². The summed E-state index contributed by atoms with van der Waals surface area (Å²) in [6.45, 7) is 5.88. The van der Waals surface area contributed by atoms with E-state index < -0.39 is 0 Å². The molecule has 1 aromatic heterocycles. The Hall–Kier alpha value is -1.85. The van der Waals surface area contributed by atoms with Gasteiger partial charge in [-0.05, 0) is 67.9 Å². The van der Waals surface area contributed by atoms with Crippen molar-refractivity contribution in [3.05, 3.63) is 40.8 Å². The van der Waals surface area contributed by atoms with Crippen LogP contribution in [0, 0.1) is 5.92 Å². The fourth-order valence-corrected chi connectivity index (χ4v) is 4.08. The van der Waals surface area contributed by atoms with Crippen LogP contribution in [0.4, 0.5) is 5.69 Å². The van der Waals surface area contributed by atoms with Crippen molar-refractivity contribution in [3.8, 4) is 0 Å². The molecule has 2 aliphatic heterocycles. The van der Waals surface area contributed by atoms with E-state index in [1.165, 1.54) is 45.4 Å². The summed E-state index contributed by atoms with van der Waals surface area (Å²) in [7, 11) is 0. The zero-order valence-corrected chi connectivity index (χ0v) is 14.1. The number of nitrogens with one attached hydrogen (secondary N) is 3. The van der Waals surface area contributed by atoms with Crippen LogP contribution in [0.2, 0.25) is 0 Å². The molecular formula is C19H26N4O. The summed E-state index contributed by atoms with van der Waals surface area (Å²) in [6, 6.07) is 8.47. The SMILES string of the molecule is O=c1[nH]ccc2cc(NC3CCN(CC4CCCNC4)C3)ccc12. The minimum atomic E-state index is -0.0211. The standard InChI is InChI=1S/C19H26N4O/c24-19-18-4-3-16(10-15(18)5-8-21-19)22-17-6-9-23(13-17)12-14-2-1-7-20-11-14/h3-5,8,10,14,17,20,22H,1-2,6-7,9,11-13H2,(H,21,24). The molecule has 2 aromatic rings. The van der Waals surface area contributed by atoms with E-state index in [4.69, 9.17) is 0 Å². The van der Waals surface area contributed by atoms with E-state index in [0.717, 1.165) is 28.9 Å². The fraction of sp³-hybridized carbons (Fsp3) is 0.526. The molecule has 5 heteroatoms. The quantitative estimate of drug-likeness (QED) is 0.804. The van der Waals surface area contributed by atoms with Crippen LogP contribution in [-0.2, 0) is 0 Å². The minimum absolute atomic E-state index is 0.0211. The average Bonchev–Trinajstić information content (AvgIpc) is 3.03. The monoisotopic (exact) mass is 326 g/mol. The van der Waals surface area contributed by atoms with Crippen LogP contribution in [0.25, 0.3) is 10.8 Å². The number of benzene rings is 1. The van der Waals surface area contributed by atoms with Crippen LogP contribution in [-0.4, -0.2) is 48.6 Å². The molecule has 0 radical (unpaired) electrons. The first-order valence-electron chi connectivity index (χ1n) is 9.09. The molecule has 0 aliphatic carbocycles. The van der Waals surface area contributed by atoms with Crippen LogP contribution >= 0.6 is 0 Å². The van der Waals surface area contributed by atoms with Gasteiger partial charge < -0.3 is 20.5 Å². The Morgan fingerprint density at radius 2 is 2.21 bits per heavy atom. The highest BCUT2D eigenvalue weighted by molar-refractivity contribution is 5.84. The second-order valence-corrected chi connectivity index (χ2v) is 7.21. The van der Waals surface area contributed by atoms with Crippen molar-refractivity contribution in [3.63, 3.8) is 0 Å². The van der Waals surface area contributed by atoms with Crippen LogP contribution in [0.5, 0.6) is 0 Å². The first-order chi connectivity index (χ1) is 11.8. The zero-order chi connectivity index (χ0) is 16.4. The van der Waals surface area contributed by atoms with Gasteiger partial charge in [-0.2, -0.15) is 0 Å². The first kappa shape index (κ1) is 15.7. The number of likely N-dealkylation sites (tertiary alicyclic amines) is 1. The molecule has 0 bridgehead atoms. The topological polar surface area (TPSA) is 60.2 Å². The van der Waals surface area contributed by atoms with Crippen molar-refractivity contribution < 1.29 is 0 Å². The Balaban J connectivity index is 1.37. The van der Waals surface area contributed by atoms with E-state index in [1.54, 1.807) is 6.20 Å². The molecule has 2 saturated heterocycles. The van der Waals surface area contributed by atoms with E-state index in [-0.39, 0.29) is 5.56 Å². The Morgan fingerprint density at radius 1 is 1.25 bits per heavy atom. The van der Waals surface area contributed by atoms with Crippen LogP contribution in [0.3, 0.4) is 0 Å². The maximum atomic E-state index is 11.8. The normalized spacial score (nSPS) is 25.2. The number of nitrogens with zero attached hydrogens (tertiary/aromatic N) is 1. The van der Waals surface area contributed by atoms with Gasteiger partial charge in [0.2, 0.25) is 0 Å². The molecule has 24 heavy (non-hydrogen) atoms. The van der Waals surface area contributed by atoms with Crippen LogP contribution in [0.1, 0.15) is 19.3 Å². The lowest BCUT2D eigenvalue weighted by molar-refractivity contribution is 0.242. The number of aromatic amines is 1. The van der Waals surface area contributed by atoms with E-state index >= 15 is 0 Å². The van der Waals surface area contributed by atoms with Crippen molar-refractivity contribution in [1.29, 1.82) is 0 Å². The number of hydrogen-bond donors (Lipinski definition) is 3. The smallest absolute Gasteiger partial charge is 0.255 e. The minimum Gasteiger partial charge on any atom is -0.381 e. The molecular weight excluding hydrogens is 300 g/mol. The number of fused-ring (bicyclic) bond motifs is 1. The van der Waals surface area contributed by atoms with Crippen LogP contribution in [0.15, 0.2) is 35.3 Å². The summed E-state index contributed by atoms with van der Waals surface area (Å²) in [4.78, 5) is 17.1. The predicted molar refractivity (Wildman–Crippen MR) is 98.6 cm³/mol. The number of piperidine rings is 1. The van der Waals surface area contributed by atoms with Gasteiger partial charge in [-0.1, -0.05) is 0 Å². The first-order valence-corrected chi connectivity index (χ1v) is 9.09. The van der Waals surface area contributed by atoms with Gasteiger partial charge in [0.15, 0.2) is 0 Å². The highest BCUT2D eigenvalue weighted by atomic mass is 16.1. The Labute approximate surface area is 142 Å². The third-order valence-electron chi connectivity index (χ3n) is 5.33. The number of anilines is 1. The van der Waals surface area contributed by atoms with Crippen molar-refractivity contribution in [2.24, 2.45) is 5.92 Å². The summed E-state index contributed by atoms with van der Waals surface area (Å²) < 4.78 is 0. The number of pyridine rings is 1. The molecule has 4 rings (SSSR count). The highest BCUT2D eigenvalue weighted by Crippen LogP contribution is 2.21. The molecule has 0 amide bonds. The second-order valence-electron chi connectivity index (χ2n) is 7.21. The van der Waals surface area contributed by atoms with Crippen molar-refractivity contribution >= 4 is 16.5 Å². The second kappa shape index (κ2) is 6.95. The molecule has 0 spiro atoms. The highest BCUT2D eigenvalue weighted by Gasteiger charge is 2.25. The summed E-state index contributed by atoms with van der Waals surface area (Å²) in [5, 5.41) is 8.90.